The van der Waals surface area contributed by atoms with E-state index in [-0.39, 0.29) is 4.90 Å². The number of thiazole rings is 1. The summed E-state index contributed by atoms with van der Waals surface area (Å²) in [6.07, 6.45) is 0. The van der Waals surface area contributed by atoms with Gasteiger partial charge in [-0.15, -0.1) is 4.68 Å². The molecule has 0 atom stereocenters. The molecule has 0 saturated heterocycles. The van der Waals surface area contributed by atoms with Gasteiger partial charge < -0.3 is 4.55 Å². The van der Waals surface area contributed by atoms with Gasteiger partial charge in [0, 0.05) is 0 Å². The van der Waals surface area contributed by atoms with Crippen LogP contribution in [-0.4, -0.2) is 13.0 Å². The Morgan fingerprint density at radius 2 is 1.62 bits per heavy atom. The van der Waals surface area contributed by atoms with E-state index >= 15 is 0 Å². The number of nitrogens with zero attached hydrogens (tertiary/aromatic N) is 1. The van der Waals surface area contributed by atoms with Gasteiger partial charge in [0.25, 0.3) is 0 Å². The molecule has 0 aliphatic heterocycles. The van der Waals surface area contributed by atoms with Crippen LogP contribution in [0.15, 0.2) is 41.3 Å². The minimum absolute atomic E-state index is 0.0851. The second kappa shape index (κ2) is 6.76. The van der Waals surface area contributed by atoms with E-state index in [1.165, 1.54) is 16.0 Å². The molecule has 2 aromatic carbocycles. The fourth-order valence-corrected chi connectivity index (χ4v) is 4.33. The minimum Gasteiger partial charge on any atom is -0.744 e. The Labute approximate surface area is 145 Å². The van der Waals surface area contributed by atoms with Crippen molar-refractivity contribution in [2.75, 3.05) is 11.6 Å². The SMILES string of the molecule is Cc1cc(C)c(S(=O)(=O)[O-])c(C)c1.Nc1sc2ccccc2[n+]1N. The lowest BCUT2D eigenvalue weighted by Gasteiger charge is -2.14. The average Bonchev–Trinajstić information content (AvgIpc) is 2.72. The fourth-order valence-electron chi connectivity index (χ4n) is 2.58. The Balaban J connectivity index is 0.000000175. The first kappa shape index (κ1) is 18.2. The van der Waals surface area contributed by atoms with E-state index in [0.29, 0.717) is 16.3 Å². The molecule has 0 unspecified atom stereocenters. The average molecular weight is 365 g/mol. The number of para-hydroxylation sites is 1. The van der Waals surface area contributed by atoms with Crippen LogP contribution >= 0.6 is 11.3 Å². The van der Waals surface area contributed by atoms with Gasteiger partial charge in [-0.2, -0.15) is 0 Å². The van der Waals surface area contributed by atoms with Crippen molar-refractivity contribution in [1.29, 1.82) is 0 Å². The minimum atomic E-state index is -4.33. The topological polar surface area (TPSA) is 113 Å². The van der Waals surface area contributed by atoms with Gasteiger partial charge in [-0.1, -0.05) is 29.8 Å². The lowest BCUT2D eigenvalue weighted by Crippen LogP contribution is -2.45. The number of fused-ring (bicyclic) bond motifs is 1. The standard InChI is InChI=1S/C9H12O3S.C7H7N3S/c1-6-4-7(2)9(8(3)5-6)13(10,11)12;8-7-10(9)5-3-1-2-4-6(5)11-7/h4-5H,1-3H3,(H,10,11,12);1-4,8H,9H2. The Bertz CT molecular complexity index is 972. The highest BCUT2D eigenvalue weighted by Gasteiger charge is 2.10. The molecule has 4 N–H and O–H groups in total. The Hall–Kier alpha value is -2.16. The monoisotopic (exact) mass is 365 g/mol. The van der Waals surface area contributed by atoms with Gasteiger partial charge in [0.15, 0.2) is 5.52 Å². The predicted octanol–water partition coefficient (Wildman–Crippen LogP) is 2.00. The van der Waals surface area contributed by atoms with Crippen molar-refractivity contribution in [3.63, 3.8) is 0 Å². The summed E-state index contributed by atoms with van der Waals surface area (Å²) in [6.45, 7) is 5.12. The molecule has 0 saturated carbocycles. The molecule has 24 heavy (non-hydrogen) atoms. The van der Waals surface area contributed by atoms with Gasteiger partial charge in [0.2, 0.25) is 0 Å². The van der Waals surface area contributed by atoms with Crippen molar-refractivity contribution >= 4 is 36.8 Å². The molecule has 3 aromatic rings. The number of anilines is 1. The van der Waals surface area contributed by atoms with Crippen molar-refractivity contribution < 1.29 is 17.6 Å². The molecule has 1 heterocycles. The third kappa shape index (κ3) is 3.84. The number of hydrogen-bond acceptors (Lipinski definition) is 6. The number of aromatic nitrogens is 1. The van der Waals surface area contributed by atoms with E-state index in [1.807, 2.05) is 31.2 Å². The summed E-state index contributed by atoms with van der Waals surface area (Å²) in [5.41, 5.74) is 8.59. The number of benzene rings is 2. The van der Waals surface area contributed by atoms with Crippen LogP contribution in [0.5, 0.6) is 0 Å². The van der Waals surface area contributed by atoms with Crippen molar-refractivity contribution in [3.05, 3.63) is 53.1 Å². The molecule has 0 amide bonds. The first-order valence-corrected chi connectivity index (χ1v) is 9.31. The Morgan fingerprint density at radius 3 is 2.12 bits per heavy atom. The number of rotatable bonds is 1. The summed E-state index contributed by atoms with van der Waals surface area (Å²) >= 11 is 1.49. The zero-order valence-electron chi connectivity index (χ0n) is 13.6. The van der Waals surface area contributed by atoms with Gasteiger partial charge in [-0.3, -0.25) is 11.6 Å². The van der Waals surface area contributed by atoms with Crippen LogP contribution in [0, 0.1) is 20.8 Å². The molecule has 0 aliphatic carbocycles. The van der Waals surface area contributed by atoms with Crippen LogP contribution in [0.4, 0.5) is 5.13 Å². The maximum Gasteiger partial charge on any atom is 0.356 e. The normalized spacial score (nSPS) is 11.2. The predicted molar refractivity (Wildman–Crippen MR) is 95.2 cm³/mol. The van der Waals surface area contributed by atoms with Gasteiger partial charge in [-0.05, 0) is 55.4 Å². The molecule has 0 spiro atoms. The zero-order chi connectivity index (χ0) is 18.1. The van der Waals surface area contributed by atoms with Crippen molar-refractivity contribution in [3.8, 4) is 0 Å². The van der Waals surface area contributed by atoms with Crippen molar-refractivity contribution in [1.82, 2.24) is 0 Å². The van der Waals surface area contributed by atoms with E-state index in [9.17, 15) is 13.0 Å². The van der Waals surface area contributed by atoms with Crippen LogP contribution in [0.3, 0.4) is 0 Å². The third-order valence-corrected chi connectivity index (χ3v) is 5.55. The summed E-state index contributed by atoms with van der Waals surface area (Å²) in [4.78, 5) is -0.0851. The summed E-state index contributed by atoms with van der Waals surface area (Å²) in [7, 11) is -4.33. The quantitative estimate of drug-likeness (QED) is 0.389. The molecule has 1 aromatic heterocycles. The smallest absolute Gasteiger partial charge is 0.356 e. The molecule has 128 valence electrons. The van der Waals surface area contributed by atoms with E-state index in [1.54, 1.807) is 26.0 Å². The van der Waals surface area contributed by atoms with E-state index in [2.05, 4.69) is 0 Å². The van der Waals surface area contributed by atoms with Gasteiger partial charge in [0.1, 0.15) is 10.1 Å². The summed E-state index contributed by atoms with van der Waals surface area (Å²) in [5.74, 6) is 5.64. The molecule has 3 rings (SSSR count). The number of hydrogen-bond donors (Lipinski definition) is 2. The summed E-state index contributed by atoms with van der Waals surface area (Å²) < 4.78 is 35.1. The molecular formula is C16H19N3O3S2. The highest BCUT2D eigenvalue weighted by Crippen LogP contribution is 2.21. The van der Waals surface area contributed by atoms with Crippen LogP contribution in [0.2, 0.25) is 0 Å². The molecule has 6 nitrogen and oxygen atoms in total. The summed E-state index contributed by atoms with van der Waals surface area (Å²) in [6, 6.07) is 11.2. The van der Waals surface area contributed by atoms with Gasteiger partial charge in [-0.25, -0.2) is 8.42 Å². The van der Waals surface area contributed by atoms with Gasteiger partial charge >= 0.3 is 5.13 Å². The molecular weight excluding hydrogens is 346 g/mol. The summed E-state index contributed by atoms with van der Waals surface area (Å²) in [5, 5.41) is 0.631. The van der Waals surface area contributed by atoms with Gasteiger partial charge in [0.05, 0.1) is 9.60 Å². The van der Waals surface area contributed by atoms with Crippen LogP contribution in [-0.2, 0) is 10.1 Å². The second-order valence-electron chi connectivity index (χ2n) is 5.46. The van der Waals surface area contributed by atoms with E-state index < -0.39 is 10.1 Å². The molecule has 0 fully saturated rings. The first-order chi connectivity index (χ1) is 11.1. The highest BCUT2D eigenvalue weighted by molar-refractivity contribution is 7.85. The zero-order valence-corrected chi connectivity index (χ0v) is 15.2. The molecule has 0 bridgehead atoms. The lowest BCUT2D eigenvalue weighted by molar-refractivity contribution is -0.591. The fraction of sp³-hybridized carbons (Fsp3) is 0.188. The third-order valence-electron chi connectivity index (χ3n) is 3.43. The largest absolute Gasteiger partial charge is 0.744 e. The maximum absolute atomic E-state index is 10.8. The number of aryl methyl sites for hydroxylation is 3. The first-order valence-electron chi connectivity index (χ1n) is 7.09. The lowest BCUT2D eigenvalue weighted by atomic mass is 10.1. The molecule has 0 radical (unpaired) electrons. The molecule has 8 heteroatoms. The van der Waals surface area contributed by atoms with Crippen LogP contribution in [0.1, 0.15) is 16.7 Å². The van der Waals surface area contributed by atoms with Crippen LogP contribution in [0.25, 0.3) is 10.2 Å². The van der Waals surface area contributed by atoms with Crippen molar-refractivity contribution in [2.45, 2.75) is 25.7 Å². The Morgan fingerprint density at radius 1 is 1.08 bits per heavy atom. The van der Waals surface area contributed by atoms with E-state index in [4.69, 9.17) is 11.6 Å². The maximum atomic E-state index is 10.8. The second-order valence-corrected chi connectivity index (χ2v) is 7.84. The van der Waals surface area contributed by atoms with E-state index in [0.717, 1.165) is 15.8 Å². The number of nitrogens with two attached hydrogens (primary N) is 2. The molecule has 0 aliphatic rings. The van der Waals surface area contributed by atoms with Crippen molar-refractivity contribution in [2.24, 2.45) is 0 Å². The Kier molecular flexibility index (Phi) is 5.12. The van der Waals surface area contributed by atoms with Crippen LogP contribution < -0.4 is 16.3 Å². The number of nitrogen functional groups attached to an aromatic ring is 2. The highest BCUT2D eigenvalue weighted by atomic mass is 32.2.